The summed E-state index contributed by atoms with van der Waals surface area (Å²) in [6.45, 7) is 0. The van der Waals surface area contributed by atoms with Gasteiger partial charge in [-0.1, -0.05) is 6.07 Å². The van der Waals surface area contributed by atoms with Crippen molar-refractivity contribution in [3.8, 4) is 17.3 Å². The number of benzene rings is 1. The molecule has 1 aromatic carbocycles. The van der Waals surface area contributed by atoms with E-state index in [9.17, 15) is 4.79 Å². The summed E-state index contributed by atoms with van der Waals surface area (Å²) in [4.78, 5) is 24.5. The van der Waals surface area contributed by atoms with Gasteiger partial charge in [0.05, 0.1) is 19.8 Å². The summed E-state index contributed by atoms with van der Waals surface area (Å²) < 4.78 is 11.9. The number of methoxy groups -OCH3 is 2. The Balaban J connectivity index is 1.87. The molecule has 2 heterocycles. The quantitative estimate of drug-likeness (QED) is 0.754. The van der Waals surface area contributed by atoms with Crippen molar-refractivity contribution >= 4 is 11.7 Å². The fourth-order valence-corrected chi connectivity index (χ4v) is 2.12. The molecule has 0 saturated heterocycles. The van der Waals surface area contributed by atoms with Crippen molar-refractivity contribution in [1.82, 2.24) is 24.7 Å². The number of nitrogens with zero attached hydrogens (tertiary/aromatic N) is 5. The van der Waals surface area contributed by atoms with Crippen LogP contribution in [-0.2, 0) is 0 Å². The van der Waals surface area contributed by atoms with Gasteiger partial charge in [-0.2, -0.15) is 5.10 Å². The number of ether oxygens (including phenoxy) is 2. The van der Waals surface area contributed by atoms with Crippen molar-refractivity contribution < 1.29 is 14.3 Å². The molecule has 1 amide bonds. The van der Waals surface area contributed by atoms with Crippen LogP contribution in [-0.4, -0.2) is 44.9 Å². The van der Waals surface area contributed by atoms with Crippen LogP contribution in [0.2, 0.25) is 0 Å². The summed E-state index contributed by atoms with van der Waals surface area (Å²) in [5.41, 5.74) is 0.331. The first-order chi connectivity index (χ1) is 11.7. The number of aromatic nitrogens is 5. The van der Waals surface area contributed by atoms with Gasteiger partial charge in [-0.15, -0.1) is 0 Å². The molecule has 0 aliphatic rings. The Morgan fingerprint density at radius 3 is 2.75 bits per heavy atom. The van der Waals surface area contributed by atoms with Gasteiger partial charge in [-0.25, -0.2) is 19.6 Å². The zero-order valence-electron chi connectivity index (χ0n) is 13.0. The highest BCUT2D eigenvalue weighted by Gasteiger charge is 2.17. The first-order valence-corrected chi connectivity index (χ1v) is 6.92. The molecule has 0 spiro atoms. The van der Waals surface area contributed by atoms with E-state index in [4.69, 9.17) is 9.47 Å². The molecule has 0 fully saturated rings. The monoisotopic (exact) mass is 326 g/mol. The van der Waals surface area contributed by atoms with Crippen molar-refractivity contribution in [3.63, 3.8) is 0 Å². The number of hydrogen-bond acceptors (Lipinski definition) is 7. The molecule has 24 heavy (non-hydrogen) atoms. The lowest BCUT2D eigenvalue weighted by Gasteiger charge is -2.12. The van der Waals surface area contributed by atoms with Crippen LogP contribution in [0.1, 0.15) is 10.4 Å². The predicted octanol–water partition coefficient (Wildman–Crippen LogP) is 1.33. The van der Waals surface area contributed by atoms with Crippen molar-refractivity contribution in [2.24, 2.45) is 0 Å². The summed E-state index contributed by atoms with van der Waals surface area (Å²) in [7, 11) is 2.98. The Labute approximate surface area is 137 Å². The Morgan fingerprint density at radius 1 is 1.17 bits per heavy atom. The molecule has 0 bridgehead atoms. The SMILES string of the molecule is COc1cccc(C(=O)Nc2cc(-n3cncn3)ncn2)c1OC. The molecule has 0 unspecified atom stereocenters. The van der Waals surface area contributed by atoms with Gasteiger partial charge < -0.3 is 14.8 Å². The van der Waals surface area contributed by atoms with Gasteiger partial charge in [-0.05, 0) is 12.1 Å². The van der Waals surface area contributed by atoms with Crippen LogP contribution in [0.4, 0.5) is 5.82 Å². The van der Waals surface area contributed by atoms with Gasteiger partial charge in [0, 0.05) is 6.07 Å². The first kappa shape index (κ1) is 15.4. The van der Waals surface area contributed by atoms with E-state index in [-0.39, 0.29) is 5.91 Å². The van der Waals surface area contributed by atoms with E-state index in [1.54, 1.807) is 24.3 Å². The molecule has 0 atom stereocenters. The van der Waals surface area contributed by atoms with Gasteiger partial charge in [0.1, 0.15) is 24.8 Å². The highest BCUT2D eigenvalue weighted by atomic mass is 16.5. The van der Waals surface area contributed by atoms with E-state index in [0.29, 0.717) is 28.7 Å². The molecular formula is C15H14N6O3. The fourth-order valence-electron chi connectivity index (χ4n) is 2.12. The number of para-hydroxylation sites is 1. The van der Waals surface area contributed by atoms with Crippen molar-refractivity contribution in [2.75, 3.05) is 19.5 Å². The van der Waals surface area contributed by atoms with E-state index >= 15 is 0 Å². The van der Waals surface area contributed by atoms with Gasteiger partial charge in [-0.3, -0.25) is 4.79 Å². The van der Waals surface area contributed by atoms with Gasteiger partial charge in [0.25, 0.3) is 5.91 Å². The Morgan fingerprint density at radius 2 is 2.04 bits per heavy atom. The maximum Gasteiger partial charge on any atom is 0.260 e. The zero-order valence-corrected chi connectivity index (χ0v) is 13.0. The van der Waals surface area contributed by atoms with Gasteiger partial charge >= 0.3 is 0 Å². The average molecular weight is 326 g/mol. The van der Waals surface area contributed by atoms with Gasteiger partial charge in [0.15, 0.2) is 17.3 Å². The van der Waals surface area contributed by atoms with Gasteiger partial charge in [0.2, 0.25) is 0 Å². The second kappa shape index (κ2) is 6.73. The lowest BCUT2D eigenvalue weighted by atomic mass is 10.1. The summed E-state index contributed by atoms with van der Waals surface area (Å²) in [5, 5.41) is 6.68. The minimum Gasteiger partial charge on any atom is -0.493 e. The highest BCUT2D eigenvalue weighted by Crippen LogP contribution is 2.31. The molecule has 9 heteroatoms. The zero-order chi connectivity index (χ0) is 16.9. The van der Waals surface area contributed by atoms with Crippen molar-refractivity contribution in [3.05, 3.63) is 48.8 Å². The summed E-state index contributed by atoms with van der Waals surface area (Å²) in [6, 6.07) is 6.63. The van der Waals surface area contributed by atoms with Crippen LogP contribution < -0.4 is 14.8 Å². The highest BCUT2D eigenvalue weighted by molar-refractivity contribution is 6.06. The first-order valence-electron chi connectivity index (χ1n) is 6.92. The molecule has 9 nitrogen and oxygen atoms in total. The average Bonchev–Trinajstić information content (AvgIpc) is 3.15. The molecule has 2 aromatic heterocycles. The number of rotatable bonds is 5. The lowest BCUT2D eigenvalue weighted by Crippen LogP contribution is -2.15. The number of anilines is 1. The third-order valence-electron chi connectivity index (χ3n) is 3.20. The Bertz CT molecular complexity index is 850. The molecule has 3 rings (SSSR count). The molecule has 1 N–H and O–H groups in total. The summed E-state index contributed by atoms with van der Waals surface area (Å²) >= 11 is 0. The van der Waals surface area contributed by atoms with Crippen LogP contribution >= 0.6 is 0 Å². The van der Waals surface area contributed by atoms with Crippen LogP contribution in [0, 0.1) is 0 Å². The van der Waals surface area contributed by atoms with Crippen LogP contribution in [0.25, 0.3) is 5.82 Å². The van der Waals surface area contributed by atoms with E-state index < -0.39 is 0 Å². The topological polar surface area (TPSA) is 104 Å². The maximum atomic E-state index is 12.5. The predicted molar refractivity (Wildman–Crippen MR) is 84.4 cm³/mol. The molecule has 122 valence electrons. The third-order valence-corrected chi connectivity index (χ3v) is 3.20. The second-order valence-electron chi connectivity index (χ2n) is 4.60. The normalized spacial score (nSPS) is 10.2. The smallest absolute Gasteiger partial charge is 0.260 e. The summed E-state index contributed by atoms with van der Waals surface area (Å²) in [6.07, 6.45) is 4.22. The lowest BCUT2D eigenvalue weighted by molar-refractivity contribution is 0.102. The van der Waals surface area contributed by atoms with Crippen molar-refractivity contribution in [1.29, 1.82) is 0 Å². The van der Waals surface area contributed by atoms with Crippen LogP contribution in [0.15, 0.2) is 43.2 Å². The van der Waals surface area contributed by atoms with E-state index in [0.717, 1.165) is 0 Å². The van der Waals surface area contributed by atoms with Crippen molar-refractivity contribution in [2.45, 2.75) is 0 Å². The van der Waals surface area contributed by atoms with Crippen LogP contribution in [0.3, 0.4) is 0 Å². The third kappa shape index (κ3) is 3.00. The fraction of sp³-hybridized carbons (Fsp3) is 0.133. The minimum atomic E-state index is -0.381. The molecule has 0 aliphatic carbocycles. The number of nitrogens with one attached hydrogen (secondary N) is 1. The standard InChI is InChI=1S/C15H14N6O3/c1-23-11-5-3-4-10(14(11)24-2)15(22)20-12-6-13(18-8-17-12)21-9-16-7-19-21/h3-9H,1-2H3,(H,17,18,20,22). The minimum absolute atomic E-state index is 0.324. The number of amides is 1. The number of carbonyl (C=O) groups excluding carboxylic acids is 1. The van der Waals surface area contributed by atoms with E-state index in [1.165, 1.54) is 37.9 Å². The number of hydrogen-bond donors (Lipinski definition) is 1. The van der Waals surface area contributed by atoms with E-state index in [1.807, 2.05) is 0 Å². The largest absolute Gasteiger partial charge is 0.493 e. The Kier molecular flexibility index (Phi) is 4.32. The molecule has 0 aliphatic heterocycles. The van der Waals surface area contributed by atoms with E-state index in [2.05, 4.69) is 25.4 Å². The van der Waals surface area contributed by atoms with Crippen LogP contribution in [0.5, 0.6) is 11.5 Å². The summed E-state index contributed by atoms with van der Waals surface area (Å²) in [5.74, 6) is 1.24. The number of carbonyl (C=O) groups is 1. The maximum absolute atomic E-state index is 12.5. The molecule has 0 saturated carbocycles. The molecular weight excluding hydrogens is 312 g/mol. The molecule has 3 aromatic rings. The molecule has 0 radical (unpaired) electrons. The Hall–Kier alpha value is -3.49. The second-order valence-corrected chi connectivity index (χ2v) is 4.60.